The molecule has 0 saturated carbocycles. The second kappa shape index (κ2) is 4.38. The normalized spacial score (nSPS) is 13.3. The predicted molar refractivity (Wildman–Crippen MR) is 44.9 cm³/mol. The maximum absolute atomic E-state index is 5.34. The van der Waals surface area contributed by atoms with Crippen molar-refractivity contribution in [3.8, 4) is 0 Å². The van der Waals surface area contributed by atoms with Gasteiger partial charge in [0.25, 0.3) is 0 Å². The molecule has 1 rings (SSSR count). The molecule has 1 aromatic heterocycles. The van der Waals surface area contributed by atoms with Crippen molar-refractivity contribution < 1.29 is 0 Å². The lowest BCUT2D eigenvalue weighted by Crippen LogP contribution is -2.28. The van der Waals surface area contributed by atoms with Crippen molar-refractivity contribution >= 4 is 11.7 Å². The van der Waals surface area contributed by atoms with Crippen LogP contribution in [0.25, 0.3) is 0 Å². The van der Waals surface area contributed by atoms with Crippen LogP contribution in [0.4, 0.5) is 0 Å². The van der Waals surface area contributed by atoms with E-state index in [-0.39, 0.29) is 6.04 Å². The summed E-state index contributed by atoms with van der Waals surface area (Å²) in [6, 6.07) is 0.166. The fourth-order valence-electron chi connectivity index (χ4n) is 0.931. The highest BCUT2D eigenvalue weighted by Crippen LogP contribution is 2.14. The summed E-state index contributed by atoms with van der Waals surface area (Å²) in [6.45, 7) is 2.12. The molecule has 0 spiro atoms. The highest BCUT2D eigenvalue weighted by atomic mass is 32.1. The molecule has 1 aromatic rings. The maximum Gasteiger partial charge on any atom is 0.0925 e. The highest BCUT2D eigenvalue weighted by molar-refractivity contribution is 6.99. The van der Waals surface area contributed by atoms with E-state index < -0.39 is 0 Å². The van der Waals surface area contributed by atoms with Gasteiger partial charge in [-0.1, -0.05) is 13.3 Å². The van der Waals surface area contributed by atoms with Gasteiger partial charge in [0.1, 0.15) is 0 Å². The first-order valence-corrected chi connectivity index (χ1v) is 4.35. The van der Waals surface area contributed by atoms with Crippen LogP contribution in [0.5, 0.6) is 0 Å². The monoisotopic (exact) mass is 172 g/mol. The van der Waals surface area contributed by atoms with E-state index >= 15 is 0 Å². The molecule has 62 valence electrons. The summed E-state index contributed by atoms with van der Waals surface area (Å²) < 4.78 is 8.00. The topological polar surface area (TPSA) is 63.8 Å². The number of aromatic nitrogens is 2. The fourth-order valence-corrected chi connectivity index (χ4v) is 1.40. The van der Waals surface area contributed by atoms with Crippen molar-refractivity contribution in [3.05, 3.63) is 11.9 Å². The fraction of sp³-hybridized carbons (Fsp3) is 0.667. The lowest BCUT2D eigenvalue weighted by Gasteiger charge is -2.10. The highest BCUT2D eigenvalue weighted by Gasteiger charge is 2.09. The van der Waals surface area contributed by atoms with Crippen LogP contribution < -0.4 is 11.3 Å². The molecule has 0 aliphatic carbocycles. The smallest absolute Gasteiger partial charge is 0.0925 e. The third kappa shape index (κ3) is 2.21. The largest absolute Gasteiger partial charge is 0.271 e. The average Bonchev–Trinajstić information content (AvgIpc) is 2.52. The Morgan fingerprint density at radius 3 is 3.09 bits per heavy atom. The molecule has 0 radical (unpaired) electrons. The van der Waals surface area contributed by atoms with E-state index in [0.29, 0.717) is 0 Å². The zero-order valence-corrected chi connectivity index (χ0v) is 7.27. The number of nitrogens with zero attached hydrogens (tertiary/aromatic N) is 2. The van der Waals surface area contributed by atoms with Crippen molar-refractivity contribution in [2.45, 2.75) is 25.8 Å². The van der Waals surface area contributed by atoms with Gasteiger partial charge in [-0.15, -0.1) is 0 Å². The van der Waals surface area contributed by atoms with Gasteiger partial charge in [0.15, 0.2) is 0 Å². The first-order chi connectivity index (χ1) is 5.38. The minimum Gasteiger partial charge on any atom is -0.271 e. The summed E-state index contributed by atoms with van der Waals surface area (Å²) in [5, 5.41) is 0. The Kier molecular flexibility index (Phi) is 3.41. The maximum atomic E-state index is 5.34. The standard InChI is InChI=1S/C6H12N4S/c1-2-3-5(9-7)6-4-8-11-10-6/h4-5,9H,2-3,7H2,1H3. The van der Waals surface area contributed by atoms with Crippen LogP contribution in [0.3, 0.4) is 0 Å². The minimum absolute atomic E-state index is 0.166. The summed E-state index contributed by atoms with van der Waals surface area (Å²) in [5.41, 5.74) is 3.65. The van der Waals surface area contributed by atoms with Crippen LogP contribution in [-0.2, 0) is 0 Å². The third-order valence-electron chi connectivity index (χ3n) is 1.51. The molecule has 4 nitrogen and oxygen atoms in total. The molecular formula is C6H12N4S. The molecule has 0 aromatic carbocycles. The summed E-state index contributed by atoms with van der Waals surface area (Å²) >= 11 is 1.21. The van der Waals surface area contributed by atoms with Crippen molar-refractivity contribution in [2.24, 2.45) is 5.84 Å². The zero-order valence-electron chi connectivity index (χ0n) is 6.45. The Morgan fingerprint density at radius 1 is 1.82 bits per heavy atom. The van der Waals surface area contributed by atoms with Gasteiger partial charge in [0.05, 0.1) is 29.7 Å². The summed E-state index contributed by atoms with van der Waals surface area (Å²) in [6.07, 6.45) is 3.85. The molecule has 11 heavy (non-hydrogen) atoms. The van der Waals surface area contributed by atoms with Crippen LogP contribution in [-0.4, -0.2) is 8.75 Å². The van der Waals surface area contributed by atoms with E-state index in [1.54, 1.807) is 6.20 Å². The Bertz CT molecular complexity index is 186. The second-order valence-corrected chi connectivity index (χ2v) is 2.90. The quantitative estimate of drug-likeness (QED) is 0.522. The summed E-state index contributed by atoms with van der Waals surface area (Å²) in [4.78, 5) is 0. The van der Waals surface area contributed by atoms with Crippen LogP contribution >= 0.6 is 11.7 Å². The lowest BCUT2D eigenvalue weighted by molar-refractivity contribution is 0.501. The van der Waals surface area contributed by atoms with E-state index in [2.05, 4.69) is 21.1 Å². The first-order valence-electron chi connectivity index (χ1n) is 3.62. The molecule has 1 atom stereocenters. The van der Waals surface area contributed by atoms with E-state index in [9.17, 15) is 0 Å². The lowest BCUT2D eigenvalue weighted by atomic mass is 10.1. The van der Waals surface area contributed by atoms with Crippen LogP contribution in [0.1, 0.15) is 31.5 Å². The molecule has 3 N–H and O–H groups in total. The molecule has 0 amide bonds. The summed E-state index contributed by atoms with van der Waals surface area (Å²) in [5.74, 6) is 5.34. The van der Waals surface area contributed by atoms with Crippen LogP contribution in [0, 0.1) is 0 Å². The molecule has 0 fully saturated rings. The van der Waals surface area contributed by atoms with Gasteiger partial charge >= 0.3 is 0 Å². The minimum atomic E-state index is 0.166. The second-order valence-electron chi connectivity index (χ2n) is 2.34. The van der Waals surface area contributed by atoms with Crippen LogP contribution in [0.15, 0.2) is 6.20 Å². The third-order valence-corrected chi connectivity index (χ3v) is 2.01. The molecule has 0 bridgehead atoms. The van der Waals surface area contributed by atoms with Gasteiger partial charge < -0.3 is 0 Å². The SMILES string of the molecule is CCCC(NN)c1cnsn1. The van der Waals surface area contributed by atoms with Crippen molar-refractivity contribution in [1.82, 2.24) is 14.2 Å². The molecule has 5 heteroatoms. The van der Waals surface area contributed by atoms with E-state index in [1.807, 2.05) is 0 Å². The number of hydrogen-bond donors (Lipinski definition) is 2. The average molecular weight is 172 g/mol. The van der Waals surface area contributed by atoms with Gasteiger partial charge in [-0.3, -0.25) is 11.3 Å². The number of rotatable bonds is 4. The van der Waals surface area contributed by atoms with Crippen LogP contribution in [0.2, 0.25) is 0 Å². The Balaban J connectivity index is 2.56. The van der Waals surface area contributed by atoms with Gasteiger partial charge in [0, 0.05) is 0 Å². The Hall–Kier alpha value is -0.520. The van der Waals surface area contributed by atoms with E-state index in [4.69, 9.17) is 5.84 Å². The number of nitrogens with one attached hydrogen (secondary N) is 1. The molecule has 0 aliphatic rings. The molecule has 0 saturated heterocycles. The van der Waals surface area contributed by atoms with E-state index in [1.165, 1.54) is 11.7 Å². The van der Waals surface area contributed by atoms with Gasteiger partial charge in [-0.25, -0.2) is 0 Å². The Morgan fingerprint density at radius 2 is 2.64 bits per heavy atom. The van der Waals surface area contributed by atoms with E-state index in [0.717, 1.165) is 18.5 Å². The molecule has 1 unspecified atom stereocenters. The van der Waals surface area contributed by atoms with Crippen molar-refractivity contribution in [1.29, 1.82) is 0 Å². The zero-order chi connectivity index (χ0) is 8.10. The Labute approximate surface area is 70.1 Å². The molecule has 1 heterocycles. The predicted octanol–water partition coefficient (Wildman–Crippen LogP) is 0.843. The summed E-state index contributed by atoms with van der Waals surface area (Å²) in [7, 11) is 0. The molecule has 0 aliphatic heterocycles. The number of nitrogens with two attached hydrogens (primary N) is 1. The van der Waals surface area contributed by atoms with Gasteiger partial charge in [-0.2, -0.15) is 8.75 Å². The van der Waals surface area contributed by atoms with Gasteiger partial charge in [-0.05, 0) is 6.42 Å². The number of hydrazine groups is 1. The molecular weight excluding hydrogens is 160 g/mol. The van der Waals surface area contributed by atoms with Crippen molar-refractivity contribution in [2.75, 3.05) is 0 Å². The number of hydrogen-bond acceptors (Lipinski definition) is 5. The van der Waals surface area contributed by atoms with Crippen molar-refractivity contribution in [3.63, 3.8) is 0 Å². The van der Waals surface area contributed by atoms with Gasteiger partial charge in [0.2, 0.25) is 0 Å². The first kappa shape index (κ1) is 8.58.